The fourth-order valence-corrected chi connectivity index (χ4v) is 3.98. The van der Waals surface area contributed by atoms with Crippen molar-refractivity contribution >= 4 is 11.8 Å². The Kier molecular flexibility index (Phi) is 3.56. The van der Waals surface area contributed by atoms with Crippen LogP contribution in [0.5, 0.6) is 0 Å². The molecule has 0 bridgehead atoms. The predicted molar refractivity (Wildman–Crippen MR) is 60.0 cm³/mol. The second kappa shape index (κ2) is 4.70. The van der Waals surface area contributed by atoms with E-state index in [9.17, 15) is 0 Å². The molecule has 2 aliphatic rings. The van der Waals surface area contributed by atoms with Crippen molar-refractivity contribution in [1.29, 1.82) is 0 Å². The van der Waals surface area contributed by atoms with E-state index in [0.29, 0.717) is 0 Å². The number of rotatable bonds is 1. The van der Waals surface area contributed by atoms with Gasteiger partial charge >= 0.3 is 0 Å². The molecule has 0 radical (unpaired) electrons. The van der Waals surface area contributed by atoms with Crippen molar-refractivity contribution in [3.05, 3.63) is 0 Å². The van der Waals surface area contributed by atoms with Gasteiger partial charge in [-0.2, -0.15) is 0 Å². The molecule has 1 saturated carbocycles. The van der Waals surface area contributed by atoms with Crippen LogP contribution in [0.3, 0.4) is 0 Å². The summed E-state index contributed by atoms with van der Waals surface area (Å²) in [4.78, 5) is 0. The fourth-order valence-electron chi connectivity index (χ4n) is 2.51. The van der Waals surface area contributed by atoms with Crippen molar-refractivity contribution in [1.82, 2.24) is 5.32 Å². The van der Waals surface area contributed by atoms with Crippen LogP contribution in [0.1, 0.15) is 45.4 Å². The molecule has 2 unspecified atom stereocenters. The first-order chi connectivity index (χ1) is 6.36. The molecule has 2 atom stereocenters. The molecule has 1 aliphatic carbocycles. The Labute approximate surface area is 86.0 Å². The van der Waals surface area contributed by atoms with Gasteiger partial charge in [0.1, 0.15) is 0 Å². The summed E-state index contributed by atoms with van der Waals surface area (Å²) in [5, 5.41) is 4.50. The second-order valence-corrected chi connectivity index (χ2v) is 5.75. The third-order valence-electron chi connectivity index (χ3n) is 3.30. The number of thioether (sulfide) groups is 1. The summed E-state index contributed by atoms with van der Waals surface area (Å²) in [5.74, 6) is 2.29. The highest BCUT2D eigenvalue weighted by Gasteiger charge is 2.28. The molecule has 0 spiro atoms. The minimum Gasteiger partial charge on any atom is -0.302 e. The van der Waals surface area contributed by atoms with E-state index in [-0.39, 0.29) is 0 Å². The minimum absolute atomic E-state index is 0.748. The maximum absolute atomic E-state index is 3.71. The molecule has 0 aromatic carbocycles. The molecule has 2 heteroatoms. The van der Waals surface area contributed by atoms with Crippen LogP contribution in [-0.4, -0.2) is 17.2 Å². The lowest BCUT2D eigenvalue weighted by molar-refractivity contribution is 0.395. The van der Waals surface area contributed by atoms with E-state index in [1.54, 1.807) is 0 Å². The van der Waals surface area contributed by atoms with Crippen molar-refractivity contribution in [2.24, 2.45) is 5.92 Å². The Morgan fingerprint density at radius 1 is 1.08 bits per heavy atom. The van der Waals surface area contributed by atoms with Gasteiger partial charge in [0.15, 0.2) is 0 Å². The smallest absolute Gasteiger partial charge is 0.0563 e. The van der Waals surface area contributed by atoms with Crippen LogP contribution in [0.4, 0.5) is 0 Å². The number of hydrogen-bond donors (Lipinski definition) is 1. The van der Waals surface area contributed by atoms with Crippen molar-refractivity contribution in [2.45, 2.75) is 56.9 Å². The van der Waals surface area contributed by atoms with Gasteiger partial charge in [-0.05, 0) is 25.7 Å². The van der Waals surface area contributed by atoms with Gasteiger partial charge in [0.25, 0.3) is 0 Å². The normalized spacial score (nSPS) is 37.6. The average Bonchev–Trinajstić information content (AvgIpc) is 2.43. The minimum atomic E-state index is 0.748. The Hall–Kier alpha value is 0.310. The van der Waals surface area contributed by atoms with Gasteiger partial charge < -0.3 is 5.32 Å². The molecule has 0 aromatic heterocycles. The monoisotopic (exact) mass is 199 g/mol. The van der Waals surface area contributed by atoms with Crippen LogP contribution in [0.2, 0.25) is 0 Å². The topological polar surface area (TPSA) is 12.0 Å². The van der Waals surface area contributed by atoms with Crippen LogP contribution >= 0.6 is 11.8 Å². The van der Waals surface area contributed by atoms with Crippen molar-refractivity contribution < 1.29 is 0 Å². The van der Waals surface area contributed by atoms with Crippen molar-refractivity contribution in [3.8, 4) is 0 Å². The van der Waals surface area contributed by atoms with Gasteiger partial charge in [-0.25, -0.2) is 0 Å². The standard InChI is InChI=1S/C11H21NS/c1-9-8-13-11(12-9)10-6-4-2-3-5-7-10/h9-12H,2-8H2,1H3. The lowest BCUT2D eigenvalue weighted by Crippen LogP contribution is -2.32. The molecular formula is C11H21NS. The SMILES string of the molecule is CC1CSC(C2CCCCCC2)N1. The Morgan fingerprint density at radius 3 is 2.31 bits per heavy atom. The van der Waals surface area contributed by atoms with Crippen molar-refractivity contribution in [2.75, 3.05) is 5.75 Å². The van der Waals surface area contributed by atoms with Gasteiger partial charge in [0, 0.05) is 11.8 Å². The van der Waals surface area contributed by atoms with E-state index >= 15 is 0 Å². The zero-order valence-electron chi connectivity index (χ0n) is 8.59. The predicted octanol–water partition coefficient (Wildman–Crippen LogP) is 3.01. The lowest BCUT2D eigenvalue weighted by atomic mass is 10.00. The van der Waals surface area contributed by atoms with E-state index in [1.165, 1.54) is 44.3 Å². The van der Waals surface area contributed by atoms with E-state index in [2.05, 4.69) is 24.0 Å². The zero-order valence-corrected chi connectivity index (χ0v) is 9.41. The van der Waals surface area contributed by atoms with Gasteiger partial charge in [0.2, 0.25) is 0 Å². The first kappa shape index (κ1) is 9.85. The van der Waals surface area contributed by atoms with E-state index in [1.807, 2.05) is 0 Å². The molecule has 76 valence electrons. The summed E-state index contributed by atoms with van der Waals surface area (Å²) in [6, 6.07) is 0.748. The third-order valence-corrected chi connectivity index (χ3v) is 4.88. The quantitative estimate of drug-likeness (QED) is 0.652. The average molecular weight is 199 g/mol. The molecule has 1 aliphatic heterocycles. The highest BCUT2D eigenvalue weighted by molar-refractivity contribution is 8.00. The molecule has 2 rings (SSSR count). The summed E-state index contributed by atoms with van der Waals surface area (Å²) >= 11 is 2.16. The first-order valence-corrected chi connectivity index (χ1v) is 6.79. The third kappa shape index (κ3) is 2.63. The molecule has 0 amide bonds. The van der Waals surface area contributed by atoms with Crippen LogP contribution < -0.4 is 5.32 Å². The van der Waals surface area contributed by atoms with Gasteiger partial charge in [0.05, 0.1) is 5.37 Å². The highest BCUT2D eigenvalue weighted by atomic mass is 32.2. The summed E-state index contributed by atoms with van der Waals surface area (Å²) in [6.07, 6.45) is 8.83. The summed E-state index contributed by atoms with van der Waals surface area (Å²) in [5.41, 5.74) is 0. The number of hydrogen-bond acceptors (Lipinski definition) is 2. The van der Waals surface area contributed by atoms with E-state index in [4.69, 9.17) is 0 Å². The zero-order chi connectivity index (χ0) is 9.10. The molecule has 13 heavy (non-hydrogen) atoms. The molecule has 2 fully saturated rings. The molecule has 1 nitrogen and oxygen atoms in total. The fraction of sp³-hybridized carbons (Fsp3) is 1.00. The molecular weight excluding hydrogens is 178 g/mol. The maximum Gasteiger partial charge on any atom is 0.0563 e. The van der Waals surface area contributed by atoms with Gasteiger partial charge in [-0.1, -0.05) is 25.7 Å². The van der Waals surface area contributed by atoms with Crippen LogP contribution in [0.15, 0.2) is 0 Å². The summed E-state index contributed by atoms with van der Waals surface area (Å²) in [7, 11) is 0. The maximum atomic E-state index is 3.71. The lowest BCUT2D eigenvalue weighted by Gasteiger charge is -2.21. The summed E-state index contributed by atoms with van der Waals surface area (Å²) in [6.45, 7) is 2.31. The van der Waals surface area contributed by atoms with E-state index in [0.717, 1.165) is 17.3 Å². The van der Waals surface area contributed by atoms with Crippen LogP contribution in [0, 0.1) is 5.92 Å². The molecule has 1 saturated heterocycles. The van der Waals surface area contributed by atoms with Gasteiger partial charge in [-0.3, -0.25) is 0 Å². The largest absolute Gasteiger partial charge is 0.302 e. The van der Waals surface area contributed by atoms with E-state index < -0.39 is 0 Å². The summed E-state index contributed by atoms with van der Waals surface area (Å²) < 4.78 is 0. The Morgan fingerprint density at radius 2 is 1.77 bits per heavy atom. The molecule has 0 aromatic rings. The Bertz CT molecular complexity index is 152. The van der Waals surface area contributed by atoms with Crippen molar-refractivity contribution in [3.63, 3.8) is 0 Å². The second-order valence-electron chi connectivity index (χ2n) is 4.57. The molecule has 1 heterocycles. The molecule has 1 N–H and O–H groups in total. The van der Waals surface area contributed by atoms with Gasteiger partial charge in [-0.15, -0.1) is 11.8 Å². The highest BCUT2D eigenvalue weighted by Crippen LogP contribution is 2.33. The Balaban J connectivity index is 1.84. The van der Waals surface area contributed by atoms with Crippen LogP contribution in [-0.2, 0) is 0 Å². The van der Waals surface area contributed by atoms with Crippen LogP contribution in [0.25, 0.3) is 0 Å². The number of nitrogens with one attached hydrogen (secondary N) is 1. The first-order valence-electron chi connectivity index (χ1n) is 5.74.